The van der Waals surface area contributed by atoms with Crippen LogP contribution in [-0.2, 0) is 10.3 Å². The highest BCUT2D eigenvalue weighted by atomic mass is 16.6. The maximum absolute atomic E-state index is 12.6. The minimum Gasteiger partial charge on any atom is -0.445 e. The first-order valence-electron chi connectivity index (χ1n) is 12.0. The van der Waals surface area contributed by atoms with Crippen LogP contribution in [0.2, 0.25) is 0 Å². The van der Waals surface area contributed by atoms with E-state index in [1.54, 1.807) is 4.90 Å². The van der Waals surface area contributed by atoms with Crippen LogP contribution < -0.4 is 0 Å². The van der Waals surface area contributed by atoms with E-state index in [1.807, 2.05) is 66.7 Å². The molecule has 1 saturated heterocycles. The fraction of sp³-hybridized carbons (Fsp3) is 0.414. The van der Waals surface area contributed by atoms with E-state index >= 15 is 0 Å². The normalized spacial score (nSPS) is 15.3. The zero-order valence-corrected chi connectivity index (χ0v) is 20.2. The molecule has 1 N–H and O–H groups in total. The van der Waals surface area contributed by atoms with E-state index in [1.165, 1.54) is 11.1 Å². The zero-order chi connectivity index (χ0) is 23.7. The van der Waals surface area contributed by atoms with Crippen LogP contribution in [-0.4, -0.2) is 35.8 Å². The van der Waals surface area contributed by atoms with Crippen molar-refractivity contribution in [3.8, 4) is 0 Å². The Bertz CT molecular complexity index is 898. The van der Waals surface area contributed by atoms with Crippen molar-refractivity contribution in [2.75, 3.05) is 19.7 Å². The molecule has 0 unspecified atom stereocenters. The summed E-state index contributed by atoms with van der Waals surface area (Å²) in [6.45, 7) is 7.74. The highest BCUT2D eigenvalue weighted by Gasteiger charge is 2.42. The van der Waals surface area contributed by atoms with Crippen molar-refractivity contribution in [1.29, 1.82) is 0 Å². The highest BCUT2D eigenvalue weighted by molar-refractivity contribution is 5.67. The van der Waals surface area contributed by atoms with Crippen LogP contribution >= 0.6 is 0 Å². The van der Waals surface area contributed by atoms with Gasteiger partial charge < -0.3 is 14.7 Å². The number of carbonyl (C=O) groups is 1. The van der Waals surface area contributed by atoms with Crippen molar-refractivity contribution in [2.45, 2.75) is 52.1 Å². The number of piperidine rings is 1. The Morgan fingerprint density at radius 2 is 1.52 bits per heavy atom. The molecule has 0 bridgehead atoms. The maximum atomic E-state index is 12.6. The summed E-state index contributed by atoms with van der Waals surface area (Å²) < 4.78 is 5.50. The average molecular weight is 448 g/mol. The van der Waals surface area contributed by atoms with Gasteiger partial charge in [-0.15, -0.1) is 0 Å². The average Bonchev–Trinajstić information content (AvgIpc) is 2.84. The summed E-state index contributed by atoms with van der Waals surface area (Å²) in [6, 6.07) is 19.7. The highest BCUT2D eigenvalue weighted by Crippen LogP contribution is 2.41. The van der Waals surface area contributed by atoms with Gasteiger partial charge in [-0.2, -0.15) is 0 Å². The first-order chi connectivity index (χ1) is 15.9. The third-order valence-corrected chi connectivity index (χ3v) is 6.50. The van der Waals surface area contributed by atoms with E-state index in [4.69, 9.17) is 4.74 Å². The molecule has 0 aromatic heterocycles. The molecule has 2 aromatic carbocycles. The molecule has 4 nitrogen and oxygen atoms in total. The Balaban J connectivity index is 1.58. The monoisotopic (exact) mass is 447 g/mol. The SMILES string of the molecule is CC(C)=CCC/C(C)=C\COC(=O)N1CCC(C(O)(c2ccccc2)c2ccccc2)CC1. The van der Waals surface area contributed by atoms with Crippen LogP contribution in [0.25, 0.3) is 0 Å². The van der Waals surface area contributed by atoms with Crippen LogP contribution in [0.4, 0.5) is 4.79 Å². The molecule has 1 fully saturated rings. The number of aliphatic hydroxyl groups is 1. The number of hydrogen-bond acceptors (Lipinski definition) is 3. The van der Waals surface area contributed by atoms with Crippen LogP contribution in [0, 0.1) is 5.92 Å². The molecule has 176 valence electrons. The molecule has 0 saturated carbocycles. The van der Waals surface area contributed by atoms with Crippen LogP contribution in [0.3, 0.4) is 0 Å². The van der Waals surface area contributed by atoms with Gasteiger partial charge in [-0.05, 0) is 69.6 Å². The Morgan fingerprint density at radius 1 is 0.970 bits per heavy atom. The number of rotatable bonds is 8. The van der Waals surface area contributed by atoms with Gasteiger partial charge >= 0.3 is 6.09 Å². The third kappa shape index (κ3) is 6.58. The lowest BCUT2D eigenvalue weighted by Crippen LogP contribution is -2.46. The van der Waals surface area contributed by atoms with Crippen molar-refractivity contribution < 1.29 is 14.6 Å². The second-order valence-corrected chi connectivity index (χ2v) is 9.21. The Hall–Kier alpha value is -2.85. The fourth-order valence-electron chi connectivity index (χ4n) is 4.54. The van der Waals surface area contributed by atoms with Crippen LogP contribution in [0.5, 0.6) is 0 Å². The molecule has 4 heteroatoms. The number of carbonyl (C=O) groups excluding carboxylic acids is 1. The van der Waals surface area contributed by atoms with E-state index in [0.29, 0.717) is 32.5 Å². The molecular weight excluding hydrogens is 410 g/mol. The first kappa shape index (κ1) is 24.8. The molecule has 2 aromatic rings. The lowest BCUT2D eigenvalue weighted by atomic mass is 9.72. The van der Waals surface area contributed by atoms with Gasteiger partial charge in [-0.1, -0.05) is 77.9 Å². The van der Waals surface area contributed by atoms with Crippen molar-refractivity contribution in [3.05, 3.63) is 95.1 Å². The molecule has 1 aliphatic heterocycles. The lowest BCUT2D eigenvalue weighted by molar-refractivity contribution is -0.0138. The van der Waals surface area contributed by atoms with Gasteiger partial charge in [0.25, 0.3) is 0 Å². The fourth-order valence-corrected chi connectivity index (χ4v) is 4.54. The number of amides is 1. The minimum atomic E-state index is -1.08. The molecule has 1 aliphatic rings. The van der Waals surface area contributed by atoms with Gasteiger partial charge in [0.2, 0.25) is 0 Å². The lowest BCUT2D eigenvalue weighted by Gasteiger charge is -2.42. The number of benzene rings is 2. The first-order valence-corrected chi connectivity index (χ1v) is 12.0. The number of hydrogen-bond donors (Lipinski definition) is 1. The summed E-state index contributed by atoms with van der Waals surface area (Å²) in [5, 5.41) is 12.0. The molecule has 0 spiro atoms. The molecule has 0 radical (unpaired) electrons. The van der Waals surface area contributed by atoms with E-state index in [0.717, 1.165) is 24.0 Å². The van der Waals surface area contributed by atoms with Gasteiger partial charge in [0.15, 0.2) is 0 Å². The molecule has 1 amide bonds. The zero-order valence-electron chi connectivity index (χ0n) is 20.2. The maximum Gasteiger partial charge on any atom is 0.410 e. The number of likely N-dealkylation sites (tertiary alicyclic amines) is 1. The number of allylic oxidation sites excluding steroid dienone is 3. The van der Waals surface area contributed by atoms with Gasteiger partial charge in [-0.25, -0.2) is 4.79 Å². The van der Waals surface area contributed by atoms with Crippen LogP contribution in [0.1, 0.15) is 57.6 Å². The Morgan fingerprint density at radius 3 is 2.03 bits per heavy atom. The quantitative estimate of drug-likeness (QED) is 0.472. The van der Waals surface area contributed by atoms with Gasteiger partial charge in [0.1, 0.15) is 12.2 Å². The van der Waals surface area contributed by atoms with Crippen molar-refractivity contribution >= 4 is 6.09 Å². The standard InChI is InChI=1S/C29H37NO3/c1-23(2)11-10-12-24(3)19-22-33-28(31)30-20-17-27(18-21-30)29(32,25-13-6-4-7-14-25)26-15-8-5-9-16-26/h4-9,11,13-16,19,27,32H,10,12,17-18,20-22H2,1-3H3/b24-19-. The summed E-state index contributed by atoms with van der Waals surface area (Å²) in [5.41, 5.74) is 3.26. The topological polar surface area (TPSA) is 49.8 Å². The molecule has 1 heterocycles. The largest absolute Gasteiger partial charge is 0.445 e. The number of ether oxygens (including phenoxy) is 1. The van der Waals surface area contributed by atoms with Gasteiger partial charge in [-0.3, -0.25) is 0 Å². The summed E-state index contributed by atoms with van der Waals surface area (Å²) >= 11 is 0. The molecular formula is C29H37NO3. The molecule has 0 aliphatic carbocycles. The molecule has 33 heavy (non-hydrogen) atoms. The van der Waals surface area contributed by atoms with E-state index < -0.39 is 5.60 Å². The minimum absolute atomic E-state index is 0.0172. The predicted octanol–water partition coefficient (Wildman–Crippen LogP) is 6.46. The summed E-state index contributed by atoms with van der Waals surface area (Å²) in [5.74, 6) is 0.0172. The molecule has 0 atom stereocenters. The van der Waals surface area contributed by atoms with E-state index in [9.17, 15) is 9.90 Å². The van der Waals surface area contributed by atoms with Crippen molar-refractivity contribution in [2.24, 2.45) is 5.92 Å². The van der Waals surface area contributed by atoms with E-state index in [-0.39, 0.29) is 12.0 Å². The van der Waals surface area contributed by atoms with Gasteiger partial charge in [0, 0.05) is 13.1 Å². The Labute approximate surface area is 198 Å². The molecule has 3 rings (SSSR count). The summed E-state index contributed by atoms with van der Waals surface area (Å²) in [6.07, 6.45) is 7.36. The van der Waals surface area contributed by atoms with Crippen molar-refractivity contribution in [3.63, 3.8) is 0 Å². The van der Waals surface area contributed by atoms with Gasteiger partial charge in [0.05, 0.1) is 0 Å². The number of nitrogens with zero attached hydrogens (tertiary/aromatic N) is 1. The summed E-state index contributed by atoms with van der Waals surface area (Å²) in [7, 11) is 0. The predicted molar refractivity (Wildman–Crippen MR) is 134 cm³/mol. The van der Waals surface area contributed by atoms with Crippen LogP contribution in [0.15, 0.2) is 84.0 Å². The third-order valence-electron chi connectivity index (χ3n) is 6.50. The van der Waals surface area contributed by atoms with Crippen molar-refractivity contribution in [1.82, 2.24) is 4.90 Å². The smallest absolute Gasteiger partial charge is 0.410 e. The second kappa shape index (κ2) is 11.9. The van der Waals surface area contributed by atoms with E-state index in [2.05, 4.69) is 26.8 Å². The summed E-state index contributed by atoms with van der Waals surface area (Å²) in [4.78, 5) is 14.3. The second-order valence-electron chi connectivity index (χ2n) is 9.21. The Kier molecular flexibility index (Phi) is 8.90.